The van der Waals surface area contributed by atoms with Crippen LogP contribution in [0.3, 0.4) is 0 Å². The van der Waals surface area contributed by atoms with Gasteiger partial charge in [-0.1, -0.05) is 29.8 Å². The quantitative estimate of drug-likeness (QED) is 0.374. The summed E-state index contributed by atoms with van der Waals surface area (Å²) in [5.74, 6) is 1.40. The highest BCUT2D eigenvalue weighted by Gasteiger charge is 2.20. The Morgan fingerprint density at radius 1 is 1.03 bits per heavy atom. The Bertz CT molecular complexity index is 1130. The summed E-state index contributed by atoms with van der Waals surface area (Å²) in [4.78, 5) is 14.9. The highest BCUT2D eigenvalue weighted by molar-refractivity contribution is 6.31. The normalized spacial score (nSPS) is 10.2. The lowest BCUT2D eigenvalue weighted by molar-refractivity contribution is 0.0987. The van der Waals surface area contributed by atoms with Crippen LogP contribution in [-0.2, 0) is 6.61 Å². The third-order valence-corrected chi connectivity index (χ3v) is 5.27. The van der Waals surface area contributed by atoms with E-state index in [0.29, 0.717) is 34.4 Å². The first-order chi connectivity index (χ1) is 16.1. The number of methoxy groups -OCH3 is 1. The Kier molecular flexibility index (Phi) is 8.56. The van der Waals surface area contributed by atoms with Gasteiger partial charge in [-0.25, -0.2) is 0 Å². The van der Waals surface area contributed by atoms with Crippen molar-refractivity contribution in [2.75, 3.05) is 25.2 Å². The number of anilines is 1. The van der Waals surface area contributed by atoms with Crippen molar-refractivity contribution >= 4 is 23.2 Å². The van der Waals surface area contributed by atoms with Crippen molar-refractivity contribution in [2.24, 2.45) is 0 Å². The zero-order chi connectivity index (χ0) is 23.6. The Hall–Kier alpha value is -3.69. The topological polar surface area (TPSA) is 71.8 Å². The van der Waals surface area contributed by atoms with E-state index < -0.39 is 0 Å². The predicted molar refractivity (Wildman–Crippen MR) is 128 cm³/mol. The molecule has 3 aromatic carbocycles. The van der Waals surface area contributed by atoms with Crippen LogP contribution in [0, 0.1) is 11.3 Å². The van der Waals surface area contributed by atoms with Crippen molar-refractivity contribution in [3.05, 3.63) is 82.9 Å². The van der Waals surface area contributed by atoms with Crippen molar-refractivity contribution in [2.45, 2.75) is 20.0 Å². The van der Waals surface area contributed by atoms with Crippen LogP contribution in [0.15, 0.2) is 66.7 Å². The molecule has 0 bridgehead atoms. The number of amides is 1. The summed E-state index contributed by atoms with van der Waals surface area (Å²) < 4.78 is 16.8. The lowest BCUT2D eigenvalue weighted by Gasteiger charge is -2.23. The van der Waals surface area contributed by atoms with Crippen molar-refractivity contribution in [1.29, 1.82) is 5.26 Å². The van der Waals surface area contributed by atoms with Gasteiger partial charge in [-0.3, -0.25) is 4.79 Å². The first kappa shape index (κ1) is 24.0. The molecular weight excluding hydrogens is 440 g/mol. The van der Waals surface area contributed by atoms with Gasteiger partial charge in [0.2, 0.25) is 0 Å². The second kappa shape index (κ2) is 11.8. The number of carbonyl (C=O) groups excluding carboxylic acids is 1. The van der Waals surface area contributed by atoms with Gasteiger partial charge < -0.3 is 19.1 Å². The van der Waals surface area contributed by atoms with Crippen LogP contribution in [0.4, 0.5) is 5.69 Å². The van der Waals surface area contributed by atoms with E-state index in [1.54, 1.807) is 53.4 Å². The number of hydrogen-bond acceptors (Lipinski definition) is 5. The number of carbonyl (C=O) groups is 1. The molecule has 0 atom stereocenters. The molecule has 3 aromatic rings. The van der Waals surface area contributed by atoms with Gasteiger partial charge in [0.25, 0.3) is 5.91 Å². The Balaban J connectivity index is 1.82. The number of halogens is 1. The summed E-state index contributed by atoms with van der Waals surface area (Å²) in [5.41, 5.74) is 1.94. The van der Waals surface area contributed by atoms with Gasteiger partial charge in [0.1, 0.15) is 12.4 Å². The van der Waals surface area contributed by atoms with Crippen LogP contribution in [0.2, 0.25) is 5.02 Å². The van der Waals surface area contributed by atoms with Crippen molar-refractivity contribution in [3.8, 4) is 23.3 Å². The van der Waals surface area contributed by atoms with Crippen LogP contribution in [0.1, 0.15) is 29.3 Å². The molecule has 0 fully saturated rings. The maximum Gasteiger partial charge on any atom is 0.258 e. The Morgan fingerprint density at radius 3 is 2.45 bits per heavy atom. The van der Waals surface area contributed by atoms with Gasteiger partial charge in [-0.2, -0.15) is 5.26 Å². The highest BCUT2D eigenvalue weighted by Crippen LogP contribution is 2.31. The van der Waals surface area contributed by atoms with E-state index in [2.05, 4.69) is 6.07 Å². The largest absolute Gasteiger partial charge is 0.494 e. The smallest absolute Gasteiger partial charge is 0.258 e. The van der Waals surface area contributed by atoms with Crippen LogP contribution in [0.5, 0.6) is 17.2 Å². The molecule has 0 spiro atoms. The fraction of sp³-hybridized carbons (Fsp3) is 0.231. The highest BCUT2D eigenvalue weighted by atomic mass is 35.5. The number of nitriles is 1. The number of nitrogens with zero attached hydrogens (tertiary/aromatic N) is 2. The van der Waals surface area contributed by atoms with Crippen LogP contribution in [0.25, 0.3) is 0 Å². The summed E-state index contributed by atoms with van der Waals surface area (Å²) >= 11 is 6.20. The van der Waals surface area contributed by atoms with E-state index in [1.165, 1.54) is 7.11 Å². The molecule has 0 aliphatic rings. The predicted octanol–water partition coefficient (Wildman–Crippen LogP) is 5.89. The molecular formula is C26H25ClN2O4. The number of rotatable bonds is 10. The minimum absolute atomic E-state index is 0.203. The first-order valence-electron chi connectivity index (χ1n) is 10.5. The third-order valence-electron chi connectivity index (χ3n) is 4.90. The van der Waals surface area contributed by atoms with E-state index in [4.69, 9.17) is 31.1 Å². The van der Waals surface area contributed by atoms with E-state index in [1.807, 2.05) is 25.1 Å². The Morgan fingerprint density at radius 2 is 1.79 bits per heavy atom. The van der Waals surface area contributed by atoms with Gasteiger partial charge in [-0.15, -0.1) is 0 Å². The van der Waals surface area contributed by atoms with Gasteiger partial charge in [0.05, 0.1) is 26.2 Å². The molecule has 7 heteroatoms. The van der Waals surface area contributed by atoms with Crippen LogP contribution >= 0.6 is 11.6 Å². The molecule has 0 aliphatic carbocycles. The fourth-order valence-electron chi connectivity index (χ4n) is 3.25. The maximum atomic E-state index is 13.3. The average molecular weight is 465 g/mol. The zero-order valence-electron chi connectivity index (χ0n) is 18.6. The number of ether oxygens (including phenoxy) is 3. The van der Waals surface area contributed by atoms with Crippen LogP contribution < -0.4 is 19.1 Å². The van der Waals surface area contributed by atoms with E-state index in [0.717, 1.165) is 11.3 Å². The summed E-state index contributed by atoms with van der Waals surface area (Å²) in [6.45, 7) is 2.99. The molecule has 0 heterocycles. The SMILES string of the molecule is CCOc1ccc(N(CCC#N)C(=O)c2ccc(OCc3ccccc3Cl)c(OC)c2)cc1. The van der Waals surface area contributed by atoms with Crippen molar-refractivity contribution < 1.29 is 19.0 Å². The maximum absolute atomic E-state index is 13.3. The zero-order valence-corrected chi connectivity index (χ0v) is 19.3. The molecule has 0 saturated heterocycles. The van der Waals surface area contributed by atoms with Gasteiger partial charge in [-0.05, 0) is 55.5 Å². The molecule has 3 rings (SSSR count). The van der Waals surface area contributed by atoms with E-state index in [9.17, 15) is 4.79 Å². The first-order valence-corrected chi connectivity index (χ1v) is 10.9. The molecule has 33 heavy (non-hydrogen) atoms. The number of benzene rings is 3. The third kappa shape index (κ3) is 6.18. The summed E-state index contributed by atoms with van der Waals surface area (Å²) in [6.07, 6.45) is 0.203. The standard InChI is InChI=1S/C26H25ClN2O4/c1-3-32-22-12-10-21(11-13-22)29(16-6-15-28)26(30)19-9-14-24(25(17-19)31-2)33-18-20-7-4-5-8-23(20)27/h4-5,7-14,17H,3,6,16,18H2,1-2H3. The van der Waals surface area contributed by atoms with E-state index >= 15 is 0 Å². The molecule has 0 aromatic heterocycles. The average Bonchev–Trinajstić information content (AvgIpc) is 2.84. The lowest BCUT2D eigenvalue weighted by atomic mass is 10.1. The molecule has 0 saturated carbocycles. The van der Waals surface area contributed by atoms with Crippen molar-refractivity contribution in [3.63, 3.8) is 0 Å². The summed E-state index contributed by atoms with van der Waals surface area (Å²) in [7, 11) is 1.52. The minimum Gasteiger partial charge on any atom is -0.494 e. The molecule has 0 radical (unpaired) electrons. The molecule has 0 aliphatic heterocycles. The van der Waals surface area contributed by atoms with E-state index in [-0.39, 0.29) is 25.5 Å². The van der Waals surface area contributed by atoms with Gasteiger partial charge >= 0.3 is 0 Å². The molecule has 6 nitrogen and oxygen atoms in total. The summed E-state index contributed by atoms with van der Waals surface area (Å²) in [6, 6.07) is 21.8. The molecule has 1 amide bonds. The monoisotopic (exact) mass is 464 g/mol. The summed E-state index contributed by atoms with van der Waals surface area (Å²) in [5, 5.41) is 9.68. The number of hydrogen-bond donors (Lipinski definition) is 0. The fourth-order valence-corrected chi connectivity index (χ4v) is 3.44. The Labute approximate surface area is 198 Å². The second-order valence-corrected chi connectivity index (χ2v) is 7.44. The van der Waals surface area contributed by atoms with Gasteiger partial charge in [0, 0.05) is 28.4 Å². The molecule has 170 valence electrons. The minimum atomic E-state index is -0.245. The second-order valence-electron chi connectivity index (χ2n) is 7.04. The molecule has 0 N–H and O–H groups in total. The molecule has 0 unspecified atom stereocenters. The van der Waals surface area contributed by atoms with Gasteiger partial charge in [0.15, 0.2) is 11.5 Å². The van der Waals surface area contributed by atoms with Crippen LogP contribution in [-0.4, -0.2) is 26.2 Å². The lowest BCUT2D eigenvalue weighted by Crippen LogP contribution is -2.31. The van der Waals surface area contributed by atoms with Crippen molar-refractivity contribution in [1.82, 2.24) is 0 Å².